The highest BCUT2D eigenvalue weighted by Gasteiger charge is 2.15. The predicted octanol–water partition coefficient (Wildman–Crippen LogP) is 2.78. The molecule has 1 aromatic carbocycles. The molecule has 0 spiro atoms. The molecule has 3 aromatic heterocycles. The van der Waals surface area contributed by atoms with E-state index < -0.39 is 0 Å². The zero-order valence-electron chi connectivity index (χ0n) is 11.5. The highest BCUT2D eigenvalue weighted by Crippen LogP contribution is 2.29. The molecule has 0 radical (unpaired) electrons. The Hall–Kier alpha value is -2.80. The number of tetrazole rings is 1. The molecule has 0 amide bonds. The Balaban J connectivity index is 1.72. The second-order valence-electron chi connectivity index (χ2n) is 4.75. The number of fused-ring (bicyclic) bond motifs is 1. The molecule has 4 aromatic rings. The van der Waals surface area contributed by atoms with Crippen LogP contribution < -0.4 is 5.32 Å². The Labute approximate surface area is 130 Å². The Morgan fingerprint density at radius 2 is 1.91 bits per heavy atom. The van der Waals surface area contributed by atoms with Gasteiger partial charge in [0.2, 0.25) is 0 Å². The van der Waals surface area contributed by atoms with E-state index in [0.717, 1.165) is 5.82 Å². The summed E-state index contributed by atoms with van der Waals surface area (Å²) in [4.78, 5) is 1.23. The maximum absolute atomic E-state index is 4.38. The van der Waals surface area contributed by atoms with Gasteiger partial charge in [0.15, 0.2) is 5.65 Å². The zero-order valence-corrected chi connectivity index (χ0v) is 12.3. The third-order valence-corrected chi connectivity index (χ3v) is 4.26. The lowest BCUT2D eigenvalue weighted by molar-refractivity contribution is 0.731. The molecule has 0 fully saturated rings. The van der Waals surface area contributed by atoms with Crippen LogP contribution in [0.15, 0.2) is 60.0 Å². The minimum absolute atomic E-state index is 0.0441. The molecular formula is C15H12N6S. The smallest absolute Gasteiger partial charge is 0.200 e. The molecule has 1 atom stereocenters. The number of nitrogens with one attached hydrogen (secondary N) is 1. The number of hydrogen-bond acceptors (Lipinski definition) is 6. The van der Waals surface area contributed by atoms with E-state index in [9.17, 15) is 0 Å². The summed E-state index contributed by atoms with van der Waals surface area (Å²) in [5.74, 6) is 0.724. The third-order valence-electron chi connectivity index (χ3n) is 3.32. The van der Waals surface area contributed by atoms with Crippen LogP contribution in [0.1, 0.15) is 16.5 Å². The molecule has 0 unspecified atom stereocenters. The van der Waals surface area contributed by atoms with Gasteiger partial charge in [-0.15, -0.1) is 26.2 Å². The summed E-state index contributed by atoms with van der Waals surface area (Å²) in [7, 11) is 0. The van der Waals surface area contributed by atoms with Crippen LogP contribution in [0.5, 0.6) is 0 Å². The molecular weight excluding hydrogens is 296 g/mol. The summed E-state index contributed by atoms with van der Waals surface area (Å²) >= 11 is 1.71. The second-order valence-corrected chi connectivity index (χ2v) is 5.73. The van der Waals surface area contributed by atoms with Crippen molar-refractivity contribution in [2.45, 2.75) is 6.04 Å². The lowest BCUT2D eigenvalue weighted by Gasteiger charge is -2.18. The second kappa shape index (κ2) is 5.53. The molecule has 108 valence electrons. The zero-order chi connectivity index (χ0) is 14.8. The summed E-state index contributed by atoms with van der Waals surface area (Å²) < 4.78 is 1.42. The topological polar surface area (TPSA) is 68.0 Å². The molecule has 0 aliphatic heterocycles. The SMILES string of the molecule is c1ccc([C@H](Nc2ccc3nnnn3n2)c2cccs2)cc1. The summed E-state index contributed by atoms with van der Waals surface area (Å²) in [6.45, 7) is 0. The fourth-order valence-corrected chi connectivity index (χ4v) is 3.10. The monoisotopic (exact) mass is 308 g/mol. The van der Waals surface area contributed by atoms with E-state index in [1.165, 1.54) is 15.1 Å². The first kappa shape index (κ1) is 12.9. The van der Waals surface area contributed by atoms with Crippen LogP contribution in [-0.2, 0) is 0 Å². The number of aromatic nitrogens is 5. The molecule has 3 heterocycles. The Bertz CT molecular complexity index is 871. The number of anilines is 1. The van der Waals surface area contributed by atoms with Gasteiger partial charge in [0, 0.05) is 4.88 Å². The van der Waals surface area contributed by atoms with Crippen molar-refractivity contribution in [3.63, 3.8) is 0 Å². The van der Waals surface area contributed by atoms with E-state index in [1.54, 1.807) is 11.3 Å². The van der Waals surface area contributed by atoms with E-state index in [0.29, 0.717) is 5.65 Å². The van der Waals surface area contributed by atoms with Crippen LogP contribution in [0, 0.1) is 0 Å². The Morgan fingerprint density at radius 1 is 1.00 bits per heavy atom. The van der Waals surface area contributed by atoms with Gasteiger partial charge in [-0.05, 0) is 39.6 Å². The highest BCUT2D eigenvalue weighted by atomic mass is 32.1. The van der Waals surface area contributed by atoms with Crippen LogP contribution in [0.4, 0.5) is 5.82 Å². The third kappa shape index (κ3) is 2.42. The quantitative estimate of drug-likeness (QED) is 0.628. The van der Waals surface area contributed by atoms with Gasteiger partial charge >= 0.3 is 0 Å². The van der Waals surface area contributed by atoms with Crippen molar-refractivity contribution in [3.05, 3.63) is 70.4 Å². The van der Waals surface area contributed by atoms with Crippen molar-refractivity contribution in [2.24, 2.45) is 0 Å². The van der Waals surface area contributed by atoms with Crippen LogP contribution in [-0.4, -0.2) is 25.3 Å². The number of nitrogens with zero attached hydrogens (tertiary/aromatic N) is 5. The minimum atomic E-state index is 0.0441. The van der Waals surface area contributed by atoms with Crippen LogP contribution >= 0.6 is 11.3 Å². The van der Waals surface area contributed by atoms with E-state index in [4.69, 9.17) is 0 Å². The van der Waals surface area contributed by atoms with Gasteiger partial charge in [0.1, 0.15) is 5.82 Å². The van der Waals surface area contributed by atoms with Gasteiger partial charge in [0.25, 0.3) is 0 Å². The largest absolute Gasteiger partial charge is 0.357 e. The van der Waals surface area contributed by atoms with Crippen LogP contribution in [0.3, 0.4) is 0 Å². The molecule has 0 aliphatic rings. The van der Waals surface area contributed by atoms with Crippen molar-refractivity contribution in [2.75, 3.05) is 5.32 Å². The standard InChI is InChI=1S/C15H12N6S/c1-2-5-11(6-3-1)15(12-7-4-10-22-12)16-13-8-9-14-17-19-20-21(14)18-13/h1-10,15H,(H,16,18)/t15-/m0/s1. The summed E-state index contributed by atoms with van der Waals surface area (Å²) in [6.07, 6.45) is 0. The molecule has 22 heavy (non-hydrogen) atoms. The first-order valence-electron chi connectivity index (χ1n) is 6.80. The average Bonchev–Trinajstić information content (AvgIpc) is 3.24. The lowest BCUT2D eigenvalue weighted by Crippen LogP contribution is -2.13. The van der Waals surface area contributed by atoms with Gasteiger partial charge < -0.3 is 5.32 Å². The van der Waals surface area contributed by atoms with Crippen molar-refractivity contribution in [1.29, 1.82) is 0 Å². The Morgan fingerprint density at radius 3 is 2.73 bits per heavy atom. The number of benzene rings is 1. The minimum Gasteiger partial charge on any atom is -0.357 e. The normalized spacial score (nSPS) is 12.4. The number of thiophene rings is 1. The van der Waals surface area contributed by atoms with Gasteiger partial charge in [-0.3, -0.25) is 0 Å². The fraction of sp³-hybridized carbons (Fsp3) is 0.0667. The van der Waals surface area contributed by atoms with E-state index in [1.807, 2.05) is 30.3 Å². The van der Waals surface area contributed by atoms with E-state index in [2.05, 4.69) is 55.6 Å². The van der Waals surface area contributed by atoms with Crippen molar-refractivity contribution in [1.82, 2.24) is 25.3 Å². The van der Waals surface area contributed by atoms with Crippen LogP contribution in [0.25, 0.3) is 5.65 Å². The average molecular weight is 308 g/mol. The molecule has 7 heteroatoms. The van der Waals surface area contributed by atoms with Crippen molar-refractivity contribution >= 4 is 22.8 Å². The molecule has 4 rings (SSSR count). The fourth-order valence-electron chi connectivity index (χ4n) is 2.29. The summed E-state index contributed by atoms with van der Waals surface area (Å²) in [5.41, 5.74) is 1.81. The lowest BCUT2D eigenvalue weighted by atomic mass is 10.1. The first-order valence-corrected chi connectivity index (χ1v) is 7.68. The van der Waals surface area contributed by atoms with E-state index in [-0.39, 0.29) is 6.04 Å². The van der Waals surface area contributed by atoms with Crippen molar-refractivity contribution < 1.29 is 0 Å². The van der Waals surface area contributed by atoms with Gasteiger partial charge in [-0.25, -0.2) is 0 Å². The molecule has 0 aliphatic carbocycles. The molecule has 0 saturated heterocycles. The maximum atomic E-state index is 4.38. The summed E-state index contributed by atoms with van der Waals surface area (Å²) in [5, 5.41) is 21.2. The van der Waals surface area contributed by atoms with Crippen LogP contribution in [0.2, 0.25) is 0 Å². The number of rotatable bonds is 4. The molecule has 0 saturated carbocycles. The molecule has 6 nitrogen and oxygen atoms in total. The first-order chi connectivity index (χ1) is 10.9. The van der Waals surface area contributed by atoms with Gasteiger partial charge in [-0.2, -0.15) is 0 Å². The van der Waals surface area contributed by atoms with Gasteiger partial charge in [0.05, 0.1) is 6.04 Å². The molecule has 1 N–H and O–H groups in total. The Kier molecular flexibility index (Phi) is 3.24. The van der Waals surface area contributed by atoms with Crippen molar-refractivity contribution in [3.8, 4) is 0 Å². The number of hydrogen-bond donors (Lipinski definition) is 1. The highest BCUT2D eigenvalue weighted by molar-refractivity contribution is 7.10. The van der Waals surface area contributed by atoms with E-state index >= 15 is 0 Å². The van der Waals surface area contributed by atoms with Gasteiger partial charge in [-0.1, -0.05) is 36.4 Å². The predicted molar refractivity (Wildman–Crippen MR) is 84.8 cm³/mol. The molecule has 0 bridgehead atoms. The maximum Gasteiger partial charge on any atom is 0.200 e. The summed E-state index contributed by atoms with van der Waals surface area (Å²) in [6, 6.07) is 18.2.